The van der Waals surface area contributed by atoms with E-state index in [9.17, 15) is 14.7 Å². The highest BCUT2D eigenvalue weighted by molar-refractivity contribution is 7.82. The Morgan fingerprint density at radius 1 is 1.12 bits per heavy atom. The van der Waals surface area contributed by atoms with Crippen LogP contribution in [0, 0.1) is 0 Å². The molecule has 8 heteroatoms. The number of amides is 3. The van der Waals surface area contributed by atoms with Gasteiger partial charge in [-0.1, -0.05) is 12.8 Å². The average molecular weight is 347 g/mol. The molecule has 0 radical (unpaired) electrons. The van der Waals surface area contributed by atoms with Crippen LogP contribution < -0.4 is 19.7 Å². The third-order valence-corrected chi connectivity index (χ3v) is 3.48. The van der Waals surface area contributed by atoms with Gasteiger partial charge in [0.1, 0.15) is 11.5 Å². The smallest absolute Gasteiger partial charge is 0.336 e. The first-order valence-electron chi connectivity index (χ1n) is 6.95. The Morgan fingerprint density at radius 2 is 1.79 bits per heavy atom. The summed E-state index contributed by atoms with van der Waals surface area (Å²) in [6, 6.07) is 10.5. The van der Waals surface area contributed by atoms with Crippen LogP contribution in [-0.4, -0.2) is 24.2 Å². The Hall–Kier alpha value is -2.87. The summed E-state index contributed by atoms with van der Waals surface area (Å²) in [6.07, 6.45) is 0. The lowest BCUT2D eigenvalue weighted by Gasteiger charge is -2.17. The largest absolute Gasteiger partial charge is 0.506 e. The zero-order chi connectivity index (χ0) is 17.7. The number of methoxy groups -OCH3 is 1. The molecule has 0 aliphatic carbocycles. The maximum absolute atomic E-state index is 12.2. The van der Waals surface area contributed by atoms with E-state index in [0.29, 0.717) is 17.1 Å². The predicted octanol–water partition coefficient (Wildman–Crippen LogP) is 3.24. The van der Waals surface area contributed by atoms with E-state index >= 15 is 0 Å². The van der Waals surface area contributed by atoms with Gasteiger partial charge in [-0.15, -0.1) is 0 Å². The zero-order valence-electron chi connectivity index (χ0n) is 13.1. The maximum Gasteiger partial charge on any atom is 0.336 e. The molecule has 0 atom stereocenters. The minimum Gasteiger partial charge on any atom is -0.506 e. The highest BCUT2D eigenvalue weighted by Crippen LogP contribution is 2.29. The zero-order valence-corrected chi connectivity index (χ0v) is 14.0. The van der Waals surface area contributed by atoms with Gasteiger partial charge < -0.3 is 20.5 Å². The number of phenolic OH excluding ortho intramolecular Hbond substituents is 1. The Labute approximate surface area is 144 Å². The van der Waals surface area contributed by atoms with Gasteiger partial charge in [-0.25, -0.2) is 9.10 Å². The summed E-state index contributed by atoms with van der Waals surface area (Å²) in [7, 11) is 1.48. The summed E-state index contributed by atoms with van der Waals surface area (Å²) in [5.41, 5.74) is 1.34. The van der Waals surface area contributed by atoms with E-state index in [1.807, 2.05) is 0 Å². The van der Waals surface area contributed by atoms with Gasteiger partial charge in [0.25, 0.3) is 0 Å². The SMILES string of the molecule is COc1ccc(NC(=O)N(S)c2ccc(NC(C)=O)cc2)c(O)c1. The Balaban J connectivity index is 2.07. The van der Waals surface area contributed by atoms with E-state index in [2.05, 4.69) is 23.4 Å². The number of carbonyl (C=O) groups excluding carboxylic acids is 2. The average Bonchev–Trinajstić information content (AvgIpc) is 2.56. The molecule has 24 heavy (non-hydrogen) atoms. The van der Waals surface area contributed by atoms with Crippen molar-refractivity contribution < 1.29 is 19.4 Å². The molecule has 0 unspecified atom stereocenters. The Bertz CT molecular complexity index is 749. The van der Waals surface area contributed by atoms with Gasteiger partial charge in [-0.05, 0) is 36.4 Å². The number of urea groups is 1. The van der Waals surface area contributed by atoms with E-state index in [4.69, 9.17) is 4.74 Å². The number of nitrogens with one attached hydrogen (secondary N) is 2. The second-order valence-electron chi connectivity index (χ2n) is 4.85. The van der Waals surface area contributed by atoms with Crippen molar-refractivity contribution in [1.29, 1.82) is 0 Å². The molecule has 0 saturated carbocycles. The monoisotopic (exact) mass is 347 g/mol. The number of hydrogen-bond acceptors (Lipinski definition) is 5. The number of thiol groups is 1. The van der Waals surface area contributed by atoms with Crippen LogP contribution in [0.2, 0.25) is 0 Å². The Kier molecular flexibility index (Phi) is 5.54. The van der Waals surface area contributed by atoms with Crippen LogP contribution in [0.3, 0.4) is 0 Å². The van der Waals surface area contributed by atoms with Crippen molar-refractivity contribution >= 4 is 41.8 Å². The van der Waals surface area contributed by atoms with E-state index in [1.165, 1.54) is 26.2 Å². The van der Waals surface area contributed by atoms with Gasteiger partial charge in [-0.2, -0.15) is 0 Å². The lowest BCUT2D eigenvalue weighted by atomic mass is 10.2. The minimum absolute atomic E-state index is 0.120. The van der Waals surface area contributed by atoms with Crippen molar-refractivity contribution in [1.82, 2.24) is 0 Å². The molecule has 0 heterocycles. The quantitative estimate of drug-likeness (QED) is 0.505. The third-order valence-electron chi connectivity index (χ3n) is 3.07. The first-order valence-corrected chi connectivity index (χ1v) is 7.35. The molecule has 2 rings (SSSR count). The van der Waals surface area contributed by atoms with Crippen LogP contribution in [-0.2, 0) is 4.79 Å². The van der Waals surface area contributed by atoms with Crippen molar-refractivity contribution in [3.8, 4) is 11.5 Å². The number of ether oxygens (including phenoxy) is 1. The molecule has 0 aliphatic rings. The Morgan fingerprint density at radius 3 is 2.33 bits per heavy atom. The van der Waals surface area contributed by atoms with Gasteiger partial charge in [0.05, 0.1) is 18.5 Å². The molecular formula is C16H17N3O4S. The number of phenols is 1. The fourth-order valence-corrected chi connectivity index (χ4v) is 2.10. The number of carbonyl (C=O) groups is 2. The lowest BCUT2D eigenvalue weighted by Crippen LogP contribution is -2.26. The van der Waals surface area contributed by atoms with E-state index in [-0.39, 0.29) is 17.3 Å². The summed E-state index contributed by atoms with van der Waals surface area (Å²) in [5, 5.41) is 15.0. The van der Waals surface area contributed by atoms with Crippen LogP contribution in [0.1, 0.15) is 6.92 Å². The van der Waals surface area contributed by atoms with Crippen LogP contribution in [0.25, 0.3) is 0 Å². The molecule has 0 spiro atoms. The molecule has 0 fully saturated rings. The van der Waals surface area contributed by atoms with Crippen molar-refractivity contribution in [2.24, 2.45) is 0 Å². The third kappa shape index (κ3) is 4.32. The van der Waals surface area contributed by atoms with Gasteiger partial charge in [0, 0.05) is 18.7 Å². The summed E-state index contributed by atoms with van der Waals surface area (Å²) < 4.78 is 6.07. The summed E-state index contributed by atoms with van der Waals surface area (Å²) in [5.74, 6) is 0.172. The minimum atomic E-state index is -0.550. The van der Waals surface area contributed by atoms with Gasteiger partial charge in [0.15, 0.2) is 0 Å². The molecule has 0 aromatic heterocycles. The number of aromatic hydroxyl groups is 1. The second-order valence-corrected chi connectivity index (χ2v) is 5.25. The molecule has 0 saturated heterocycles. The van der Waals surface area contributed by atoms with Crippen molar-refractivity contribution in [3.05, 3.63) is 42.5 Å². The van der Waals surface area contributed by atoms with Crippen LogP contribution in [0.15, 0.2) is 42.5 Å². The molecular weight excluding hydrogens is 330 g/mol. The highest BCUT2D eigenvalue weighted by Gasteiger charge is 2.14. The van der Waals surface area contributed by atoms with Crippen molar-refractivity contribution in [2.45, 2.75) is 6.92 Å². The number of rotatable bonds is 4. The number of hydrogen-bond donors (Lipinski definition) is 4. The van der Waals surface area contributed by atoms with E-state index < -0.39 is 6.03 Å². The molecule has 3 N–H and O–H groups in total. The molecule has 3 amide bonds. The van der Waals surface area contributed by atoms with Crippen LogP contribution >= 0.6 is 12.8 Å². The molecule has 2 aromatic carbocycles. The van der Waals surface area contributed by atoms with E-state index in [0.717, 1.165) is 4.31 Å². The van der Waals surface area contributed by atoms with Crippen LogP contribution in [0.4, 0.5) is 21.9 Å². The second kappa shape index (κ2) is 7.60. The predicted molar refractivity (Wildman–Crippen MR) is 95.9 cm³/mol. The molecule has 7 nitrogen and oxygen atoms in total. The molecule has 0 bridgehead atoms. The van der Waals surface area contributed by atoms with Crippen LogP contribution in [0.5, 0.6) is 11.5 Å². The number of nitrogens with zero attached hydrogens (tertiary/aromatic N) is 1. The van der Waals surface area contributed by atoms with Gasteiger partial charge >= 0.3 is 6.03 Å². The summed E-state index contributed by atoms with van der Waals surface area (Å²) in [4.78, 5) is 23.2. The molecule has 126 valence electrons. The highest BCUT2D eigenvalue weighted by atomic mass is 32.1. The normalized spacial score (nSPS) is 9.96. The first-order chi connectivity index (χ1) is 11.4. The first kappa shape index (κ1) is 17.5. The topological polar surface area (TPSA) is 90.9 Å². The van der Waals surface area contributed by atoms with Crippen molar-refractivity contribution in [2.75, 3.05) is 22.0 Å². The van der Waals surface area contributed by atoms with Crippen molar-refractivity contribution in [3.63, 3.8) is 0 Å². The van der Waals surface area contributed by atoms with E-state index in [1.54, 1.807) is 30.3 Å². The fourth-order valence-electron chi connectivity index (χ4n) is 1.92. The summed E-state index contributed by atoms with van der Waals surface area (Å²) >= 11 is 4.15. The standard InChI is InChI=1S/C16H17N3O4S/c1-10(20)17-11-3-5-12(6-4-11)19(24)16(22)18-14-8-7-13(23-2)9-15(14)21/h3-9,21,24H,1-2H3,(H,17,20)(H,18,22). The number of anilines is 3. The summed E-state index contributed by atoms with van der Waals surface area (Å²) in [6.45, 7) is 1.41. The molecule has 0 aliphatic heterocycles. The maximum atomic E-state index is 12.2. The van der Waals surface area contributed by atoms with Gasteiger partial charge in [-0.3, -0.25) is 4.79 Å². The fraction of sp³-hybridized carbons (Fsp3) is 0.125. The van der Waals surface area contributed by atoms with Gasteiger partial charge in [0.2, 0.25) is 5.91 Å². The lowest BCUT2D eigenvalue weighted by molar-refractivity contribution is -0.114. The number of benzene rings is 2. The molecule has 2 aromatic rings.